The smallest absolute Gasteiger partial charge is 0.267 e. The van der Waals surface area contributed by atoms with Crippen LogP contribution in [-0.4, -0.2) is 36.6 Å². The zero-order valence-electron chi connectivity index (χ0n) is 17.4. The molecule has 3 aromatic rings. The zero-order valence-corrected chi connectivity index (χ0v) is 18.9. The topological polar surface area (TPSA) is 108 Å². The summed E-state index contributed by atoms with van der Waals surface area (Å²) in [7, 11) is -2.14. The third kappa shape index (κ3) is 5.70. The molecule has 3 rings (SSSR count). The molecule has 0 saturated heterocycles. The Bertz CT molecular complexity index is 1210. The van der Waals surface area contributed by atoms with E-state index in [9.17, 15) is 18.0 Å². The van der Waals surface area contributed by atoms with Crippen molar-refractivity contribution in [1.82, 2.24) is 20.1 Å². The first-order valence-electron chi connectivity index (χ1n) is 9.51. The average Bonchev–Trinajstić information content (AvgIpc) is 2.78. The molecule has 32 heavy (non-hydrogen) atoms. The minimum Gasteiger partial charge on any atom is -0.267 e. The summed E-state index contributed by atoms with van der Waals surface area (Å²) < 4.78 is 26.7. The van der Waals surface area contributed by atoms with E-state index in [0.717, 1.165) is 5.56 Å². The van der Waals surface area contributed by atoms with Gasteiger partial charge < -0.3 is 0 Å². The van der Waals surface area contributed by atoms with Gasteiger partial charge in [-0.1, -0.05) is 41.4 Å². The van der Waals surface area contributed by atoms with Crippen LogP contribution in [-0.2, 0) is 16.6 Å². The number of amides is 2. The van der Waals surface area contributed by atoms with Gasteiger partial charge in [0.2, 0.25) is 10.0 Å². The van der Waals surface area contributed by atoms with Crippen molar-refractivity contribution in [2.75, 3.05) is 7.05 Å². The lowest BCUT2D eigenvalue weighted by Crippen LogP contribution is -2.41. The van der Waals surface area contributed by atoms with E-state index in [-0.39, 0.29) is 22.2 Å². The summed E-state index contributed by atoms with van der Waals surface area (Å²) in [5.74, 6) is -1.06. The lowest BCUT2D eigenvalue weighted by molar-refractivity contribution is 0.0846. The van der Waals surface area contributed by atoms with Crippen molar-refractivity contribution in [3.05, 3.63) is 94.3 Å². The van der Waals surface area contributed by atoms with Gasteiger partial charge in [0, 0.05) is 25.4 Å². The van der Waals surface area contributed by atoms with Crippen molar-refractivity contribution >= 4 is 33.4 Å². The number of sulfonamides is 1. The van der Waals surface area contributed by atoms with E-state index in [1.165, 1.54) is 29.7 Å². The molecule has 0 radical (unpaired) electrons. The molecule has 10 heteroatoms. The highest BCUT2D eigenvalue weighted by atomic mass is 35.5. The van der Waals surface area contributed by atoms with Gasteiger partial charge in [0.15, 0.2) is 0 Å². The van der Waals surface area contributed by atoms with Gasteiger partial charge in [-0.3, -0.25) is 20.4 Å². The molecule has 166 valence electrons. The fourth-order valence-electron chi connectivity index (χ4n) is 2.76. The predicted molar refractivity (Wildman–Crippen MR) is 120 cm³/mol. The number of hydrazine groups is 1. The highest BCUT2D eigenvalue weighted by Crippen LogP contribution is 2.17. The van der Waals surface area contributed by atoms with Gasteiger partial charge in [0.1, 0.15) is 5.15 Å². The quantitative estimate of drug-likeness (QED) is 0.423. The van der Waals surface area contributed by atoms with Gasteiger partial charge in [-0.15, -0.1) is 0 Å². The standard InChI is InChI=1S/C22H21ClN4O4S/c1-15-3-10-19(11-4-15)32(30,31)27(2)14-16-5-7-17(8-6-16)21(28)25-26-22(29)18-9-12-20(23)24-13-18/h3-13H,14H2,1-2H3,(H,25,28)(H,26,29). The Balaban J connectivity index is 1.59. The molecule has 2 N–H and O–H groups in total. The number of pyridine rings is 1. The van der Waals surface area contributed by atoms with E-state index in [2.05, 4.69) is 15.8 Å². The van der Waals surface area contributed by atoms with Crippen LogP contribution in [0.4, 0.5) is 0 Å². The van der Waals surface area contributed by atoms with Crippen LogP contribution in [0.5, 0.6) is 0 Å². The summed E-state index contributed by atoms with van der Waals surface area (Å²) in [6.45, 7) is 2.02. The molecule has 0 aliphatic carbocycles. The van der Waals surface area contributed by atoms with E-state index >= 15 is 0 Å². The molecule has 0 fully saturated rings. The van der Waals surface area contributed by atoms with Crippen LogP contribution in [0.3, 0.4) is 0 Å². The molecule has 0 unspecified atom stereocenters. The van der Waals surface area contributed by atoms with Crippen molar-refractivity contribution in [2.45, 2.75) is 18.4 Å². The van der Waals surface area contributed by atoms with Crippen molar-refractivity contribution < 1.29 is 18.0 Å². The normalized spacial score (nSPS) is 11.2. The van der Waals surface area contributed by atoms with E-state index in [1.54, 1.807) is 48.5 Å². The van der Waals surface area contributed by atoms with Gasteiger partial charge >= 0.3 is 0 Å². The van der Waals surface area contributed by atoms with E-state index in [4.69, 9.17) is 11.6 Å². The van der Waals surface area contributed by atoms with Crippen molar-refractivity contribution in [3.8, 4) is 0 Å². The second-order valence-corrected chi connectivity index (χ2v) is 9.48. The third-order valence-electron chi connectivity index (χ3n) is 4.63. The first kappa shape index (κ1) is 23.4. The molecule has 2 amide bonds. The highest BCUT2D eigenvalue weighted by Gasteiger charge is 2.20. The number of benzene rings is 2. The average molecular weight is 473 g/mol. The van der Waals surface area contributed by atoms with Gasteiger partial charge in [0.25, 0.3) is 11.8 Å². The molecule has 0 bridgehead atoms. The molecule has 2 aromatic carbocycles. The Morgan fingerprint density at radius 3 is 2.03 bits per heavy atom. The maximum atomic E-state index is 12.7. The van der Waals surface area contributed by atoms with Crippen LogP contribution in [0.15, 0.2) is 71.8 Å². The SMILES string of the molecule is Cc1ccc(S(=O)(=O)N(C)Cc2ccc(C(=O)NNC(=O)c3ccc(Cl)nc3)cc2)cc1. The number of hydrogen-bond acceptors (Lipinski definition) is 5. The van der Waals surface area contributed by atoms with E-state index < -0.39 is 21.8 Å². The molecule has 0 saturated carbocycles. The zero-order chi connectivity index (χ0) is 23.3. The van der Waals surface area contributed by atoms with Gasteiger partial charge in [-0.2, -0.15) is 4.31 Å². The minimum atomic E-state index is -3.63. The molecule has 0 spiro atoms. The van der Waals surface area contributed by atoms with Crippen LogP contribution < -0.4 is 10.9 Å². The predicted octanol–water partition coefficient (Wildman–Crippen LogP) is 2.94. The van der Waals surface area contributed by atoms with Crippen LogP contribution in [0, 0.1) is 6.92 Å². The van der Waals surface area contributed by atoms with Crippen LogP contribution in [0.2, 0.25) is 5.15 Å². The van der Waals surface area contributed by atoms with Crippen LogP contribution in [0.25, 0.3) is 0 Å². The number of rotatable bonds is 6. The number of carbonyl (C=O) groups excluding carboxylic acids is 2. The fourth-order valence-corrected chi connectivity index (χ4v) is 4.03. The van der Waals surface area contributed by atoms with E-state index in [0.29, 0.717) is 11.1 Å². The Kier molecular flexibility index (Phi) is 7.24. The summed E-state index contributed by atoms with van der Waals surface area (Å²) >= 11 is 5.68. The number of aryl methyl sites for hydroxylation is 1. The fraction of sp³-hybridized carbons (Fsp3) is 0.136. The van der Waals surface area contributed by atoms with Gasteiger partial charge in [0.05, 0.1) is 10.5 Å². The molecule has 8 nitrogen and oxygen atoms in total. The molecule has 0 aliphatic heterocycles. The number of nitrogens with one attached hydrogen (secondary N) is 2. The Hall–Kier alpha value is -3.27. The number of aromatic nitrogens is 1. The summed E-state index contributed by atoms with van der Waals surface area (Å²) in [4.78, 5) is 28.3. The Labute approximate surface area is 191 Å². The maximum Gasteiger partial charge on any atom is 0.271 e. The lowest BCUT2D eigenvalue weighted by Gasteiger charge is -2.17. The molecule has 0 atom stereocenters. The summed E-state index contributed by atoms with van der Waals surface area (Å²) in [6, 6.07) is 16.0. The van der Waals surface area contributed by atoms with Crippen molar-refractivity contribution in [3.63, 3.8) is 0 Å². The minimum absolute atomic E-state index is 0.137. The molecular weight excluding hydrogens is 452 g/mol. The third-order valence-corrected chi connectivity index (χ3v) is 6.67. The maximum absolute atomic E-state index is 12.7. The van der Waals surface area contributed by atoms with Crippen LogP contribution >= 0.6 is 11.6 Å². The molecular formula is C22H21ClN4O4S. The van der Waals surface area contributed by atoms with E-state index in [1.807, 2.05) is 6.92 Å². The summed E-state index contributed by atoms with van der Waals surface area (Å²) in [6.07, 6.45) is 1.29. The Morgan fingerprint density at radius 2 is 1.47 bits per heavy atom. The second kappa shape index (κ2) is 9.90. The summed E-state index contributed by atoms with van der Waals surface area (Å²) in [5, 5.41) is 0.253. The van der Waals surface area contributed by atoms with Crippen molar-refractivity contribution in [2.24, 2.45) is 0 Å². The van der Waals surface area contributed by atoms with Gasteiger partial charge in [-0.05, 0) is 48.9 Å². The second-order valence-electron chi connectivity index (χ2n) is 7.05. The summed E-state index contributed by atoms with van der Waals surface area (Å²) in [5.41, 5.74) is 6.83. The number of halogens is 1. The monoisotopic (exact) mass is 472 g/mol. The largest absolute Gasteiger partial charge is 0.271 e. The molecule has 1 heterocycles. The first-order valence-corrected chi connectivity index (χ1v) is 11.3. The van der Waals surface area contributed by atoms with Crippen LogP contribution in [0.1, 0.15) is 31.8 Å². The van der Waals surface area contributed by atoms with Crippen molar-refractivity contribution in [1.29, 1.82) is 0 Å². The first-order chi connectivity index (χ1) is 15.2. The lowest BCUT2D eigenvalue weighted by atomic mass is 10.1. The number of hydrogen-bond donors (Lipinski definition) is 2. The highest BCUT2D eigenvalue weighted by molar-refractivity contribution is 7.89. The number of nitrogens with zero attached hydrogens (tertiary/aromatic N) is 2. The molecule has 1 aromatic heterocycles. The molecule has 0 aliphatic rings. The Morgan fingerprint density at radius 1 is 0.906 bits per heavy atom. The number of carbonyl (C=O) groups is 2. The van der Waals surface area contributed by atoms with Gasteiger partial charge in [-0.25, -0.2) is 13.4 Å².